The fraction of sp³-hybridized carbons (Fsp3) is 0.167. The van der Waals surface area contributed by atoms with Gasteiger partial charge >= 0.3 is 5.97 Å². The Balaban J connectivity index is 2.01. The van der Waals surface area contributed by atoms with Crippen molar-refractivity contribution in [3.63, 3.8) is 0 Å². The van der Waals surface area contributed by atoms with Gasteiger partial charge in [-0.05, 0) is 18.2 Å². The third-order valence-electron chi connectivity index (χ3n) is 2.46. The fourth-order valence-corrected chi connectivity index (χ4v) is 1.56. The average Bonchev–Trinajstić information content (AvgIpc) is 2.84. The van der Waals surface area contributed by atoms with Gasteiger partial charge in [0.05, 0.1) is 17.5 Å². The molecule has 0 saturated heterocycles. The Morgan fingerprint density at radius 2 is 2.33 bits per heavy atom. The van der Waals surface area contributed by atoms with Crippen LogP contribution in [0.15, 0.2) is 35.1 Å². The molecule has 94 valence electrons. The monoisotopic (exact) mass is 247 g/mol. The second-order valence-electron chi connectivity index (χ2n) is 3.68. The summed E-state index contributed by atoms with van der Waals surface area (Å²) in [5.41, 5.74) is 5.90. The zero-order chi connectivity index (χ0) is 13.0. The molecule has 0 unspecified atom stereocenters. The van der Waals surface area contributed by atoms with Gasteiger partial charge in [0.15, 0.2) is 0 Å². The number of pyridine rings is 1. The van der Waals surface area contributed by atoms with E-state index in [1.165, 1.54) is 12.3 Å². The number of carbonyl (C=O) groups is 1. The minimum atomic E-state index is -1.07. The lowest BCUT2D eigenvalue weighted by molar-refractivity contribution is 0.0698. The number of aromatic carboxylic acids is 1. The van der Waals surface area contributed by atoms with Gasteiger partial charge in [0.25, 0.3) is 0 Å². The zero-order valence-electron chi connectivity index (χ0n) is 9.59. The molecule has 2 rings (SSSR count). The summed E-state index contributed by atoms with van der Waals surface area (Å²) in [5, 5.41) is 11.9. The number of hydrogen-bond acceptors (Lipinski definition) is 5. The van der Waals surface area contributed by atoms with E-state index in [0.29, 0.717) is 18.8 Å². The third kappa shape index (κ3) is 2.60. The van der Waals surface area contributed by atoms with E-state index in [1.54, 1.807) is 6.26 Å². The quantitative estimate of drug-likeness (QED) is 0.742. The maximum Gasteiger partial charge on any atom is 0.337 e. The standard InChI is InChI=1S/C12H13N3O3/c13-10-9(12(16)17)4-6-15-11(10)14-5-3-8-2-1-7-18-8/h1-2,4,6-7H,3,5,13H2,(H,14,15)(H,16,17). The topological polar surface area (TPSA) is 101 Å². The first-order chi connectivity index (χ1) is 8.68. The van der Waals surface area contributed by atoms with Crippen molar-refractivity contribution in [2.75, 3.05) is 17.6 Å². The molecule has 2 heterocycles. The van der Waals surface area contributed by atoms with Crippen molar-refractivity contribution < 1.29 is 14.3 Å². The van der Waals surface area contributed by atoms with Gasteiger partial charge in [0.2, 0.25) is 0 Å². The molecule has 4 N–H and O–H groups in total. The zero-order valence-corrected chi connectivity index (χ0v) is 9.59. The second kappa shape index (κ2) is 5.22. The number of anilines is 2. The van der Waals surface area contributed by atoms with Gasteiger partial charge in [-0.15, -0.1) is 0 Å². The highest BCUT2D eigenvalue weighted by molar-refractivity contribution is 5.96. The predicted octanol–water partition coefficient (Wildman–Crippen LogP) is 1.61. The Morgan fingerprint density at radius 1 is 1.50 bits per heavy atom. The molecule has 2 aromatic rings. The summed E-state index contributed by atoms with van der Waals surface area (Å²) < 4.78 is 5.18. The maximum absolute atomic E-state index is 10.9. The molecule has 0 aromatic carbocycles. The van der Waals surface area contributed by atoms with Crippen LogP contribution in [0.3, 0.4) is 0 Å². The van der Waals surface area contributed by atoms with E-state index in [9.17, 15) is 4.79 Å². The Morgan fingerprint density at radius 3 is 3.00 bits per heavy atom. The molecule has 0 spiro atoms. The van der Waals surface area contributed by atoms with Crippen LogP contribution in [0.25, 0.3) is 0 Å². The highest BCUT2D eigenvalue weighted by Crippen LogP contribution is 2.19. The Kier molecular flexibility index (Phi) is 3.47. The van der Waals surface area contributed by atoms with Crippen LogP contribution in [0.1, 0.15) is 16.1 Å². The second-order valence-corrected chi connectivity index (χ2v) is 3.68. The van der Waals surface area contributed by atoms with Crippen LogP contribution in [0.4, 0.5) is 11.5 Å². The molecule has 0 saturated carbocycles. The molecule has 0 fully saturated rings. The van der Waals surface area contributed by atoms with E-state index in [-0.39, 0.29) is 11.3 Å². The molecule has 0 radical (unpaired) electrons. The largest absolute Gasteiger partial charge is 0.478 e. The number of carboxylic acids is 1. The molecule has 6 nitrogen and oxygen atoms in total. The number of nitrogens with two attached hydrogens (primary N) is 1. The molecular weight excluding hydrogens is 234 g/mol. The predicted molar refractivity (Wildman–Crippen MR) is 66.5 cm³/mol. The normalized spacial score (nSPS) is 10.2. The van der Waals surface area contributed by atoms with E-state index < -0.39 is 5.97 Å². The van der Waals surface area contributed by atoms with Crippen molar-refractivity contribution in [1.82, 2.24) is 4.98 Å². The van der Waals surface area contributed by atoms with E-state index in [1.807, 2.05) is 12.1 Å². The van der Waals surface area contributed by atoms with Crippen molar-refractivity contribution in [2.45, 2.75) is 6.42 Å². The molecule has 0 bridgehead atoms. The molecule has 2 aromatic heterocycles. The highest BCUT2D eigenvalue weighted by Gasteiger charge is 2.11. The summed E-state index contributed by atoms with van der Waals surface area (Å²) in [7, 11) is 0. The van der Waals surface area contributed by atoms with E-state index in [0.717, 1.165) is 5.76 Å². The van der Waals surface area contributed by atoms with Crippen molar-refractivity contribution in [3.05, 3.63) is 42.0 Å². The molecule has 0 amide bonds. The van der Waals surface area contributed by atoms with Gasteiger partial charge in [-0.2, -0.15) is 0 Å². The molecule has 0 aliphatic rings. The minimum absolute atomic E-state index is 0.0468. The Labute approximate surface area is 103 Å². The summed E-state index contributed by atoms with van der Waals surface area (Å²) in [4.78, 5) is 14.9. The molecule has 0 aliphatic heterocycles. The summed E-state index contributed by atoms with van der Waals surface area (Å²) in [6.07, 6.45) is 3.69. The molecule has 18 heavy (non-hydrogen) atoms. The average molecular weight is 247 g/mol. The fourth-order valence-electron chi connectivity index (χ4n) is 1.56. The number of nitrogens with zero attached hydrogens (tertiary/aromatic N) is 1. The van der Waals surface area contributed by atoms with Gasteiger partial charge in [0.1, 0.15) is 11.6 Å². The smallest absolute Gasteiger partial charge is 0.337 e. The van der Waals surface area contributed by atoms with Gasteiger partial charge in [0, 0.05) is 19.2 Å². The van der Waals surface area contributed by atoms with E-state index >= 15 is 0 Å². The van der Waals surface area contributed by atoms with Crippen molar-refractivity contribution in [2.24, 2.45) is 0 Å². The number of nitrogens with one attached hydrogen (secondary N) is 1. The number of hydrogen-bond donors (Lipinski definition) is 3. The first kappa shape index (κ1) is 12.0. The summed E-state index contributed by atoms with van der Waals surface area (Å²) >= 11 is 0. The minimum Gasteiger partial charge on any atom is -0.478 e. The van der Waals surface area contributed by atoms with Gasteiger partial charge in [-0.3, -0.25) is 0 Å². The lowest BCUT2D eigenvalue weighted by Gasteiger charge is -2.09. The lowest BCUT2D eigenvalue weighted by Crippen LogP contribution is -2.11. The number of carboxylic acid groups (broad SMARTS) is 1. The van der Waals surface area contributed by atoms with Crippen LogP contribution in [0.2, 0.25) is 0 Å². The third-order valence-corrected chi connectivity index (χ3v) is 2.46. The Bertz CT molecular complexity index is 538. The van der Waals surface area contributed by atoms with Crippen LogP contribution in [0.5, 0.6) is 0 Å². The Hall–Kier alpha value is -2.50. The van der Waals surface area contributed by atoms with Crippen LogP contribution in [0, 0.1) is 0 Å². The van der Waals surface area contributed by atoms with E-state index in [2.05, 4.69) is 10.3 Å². The molecular formula is C12H13N3O3. The van der Waals surface area contributed by atoms with Gasteiger partial charge in [-0.1, -0.05) is 0 Å². The van der Waals surface area contributed by atoms with Crippen LogP contribution in [-0.2, 0) is 6.42 Å². The maximum atomic E-state index is 10.9. The van der Waals surface area contributed by atoms with Crippen molar-refractivity contribution in [3.8, 4) is 0 Å². The van der Waals surface area contributed by atoms with Crippen molar-refractivity contribution in [1.29, 1.82) is 0 Å². The first-order valence-corrected chi connectivity index (χ1v) is 5.42. The molecule has 0 aliphatic carbocycles. The lowest BCUT2D eigenvalue weighted by atomic mass is 10.2. The van der Waals surface area contributed by atoms with Gasteiger partial charge < -0.3 is 20.6 Å². The number of rotatable bonds is 5. The van der Waals surface area contributed by atoms with Crippen LogP contribution >= 0.6 is 0 Å². The molecule has 6 heteroatoms. The van der Waals surface area contributed by atoms with Gasteiger partial charge in [-0.25, -0.2) is 9.78 Å². The number of nitrogen functional groups attached to an aromatic ring is 1. The highest BCUT2D eigenvalue weighted by atomic mass is 16.4. The van der Waals surface area contributed by atoms with Crippen LogP contribution < -0.4 is 11.1 Å². The molecule has 0 atom stereocenters. The summed E-state index contributed by atoms with van der Waals surface area (Å²) in [5.74, 6) is 0.154. The van der Waals surface area contributed by atoms with Crippen molar-refractivity contribution >= 4 is 17.5 Å². The number of furan rings is 1. The number of aromatic nitrogens is 1. The van der Waals surface area contributed by atoms with E-state index in [4.69, 9.17) is 15.3 Å². The first-order valence-electron chi connectivity index (χ1n) is 5.42. The van der Waals surface area contributed by atoms with Crippen LogP contribution in [-0.4, -0.2) is 22.6 Å². The summed E-state index contributed by atoms with van der Waals surface area (Å²) in [6.45, 7) is 0.563. The SMILES string of the molecule is Nc1c(C(=O)O)ccnc1NCCc1ccco1. The summed E-state index contributed by atoms with van der Waals surface area (Å²) in [6, 6.07) is 5.05.